The van der Waals surface area contributed by atoms with Crippen LogP contribution < -0.4 is 10.5 Å². The molecular weight excluding hydrogens is 262 g/mol. The number of aromatic nitrogens is 2. The average molecular weight is 280 g/mol. The van der Waals surface area contributed by atoms with Crippen molar-refractivity contribution in [1.29, 1.82) is 0 Å². The highest BCUT2D eigenvalue weighted by atomic mass is 35.5. The first-order valence-corrected chi connectivity index (χ1v) is 6.45. The van der Waals surface area contributed by atoms with Gasteiger partial charge in [0.15, 0.2) is 0 Å². The lowest BCUT2D eigenvalue weighted by molar-refractivity contribution is 0.301. The number of nitrogens with zero attached hydrogens (tertiary/aromatic N) is 2. The maximum absolute atomic E-state index is 6.19. The number of rotatable bonds is 3. The van der Waals surface area contributed by atoms with E-state index in [4.69, 9.17) is 22.1 Å². The van der Waals surface area contributed by atoms with E-state index in [-0.39, 0.29) is 0 Å². The van der Waals surface area contributed by atoms with E-state index >= 15 is 0 Å². The van der Waals surface area contributed by atoms with Gasteiger partial charge in [0.1, 0.15) is 17.5 Å². The quantitative estimate of drug-likeness (QED) is 0.878. The summed E-state index contributed by atoms with van der Waals surface area (Å²) in [5.74, 6) is 0.855. The lowest BCUT2D eigenvalue weighted by atomic mass is 10.1. The molecule has 0 amide bonds. The minimum atomic E-state index is 0.407. The van der Waals surface area contributed by atoms with Gasteiger partial charge in [-0.15, -0.1) is 0 Å². The van der Waals surface area contributed by atoms with Gasteiger partial charge in [0.25, 0.3) is 0 Å². The number of nitrogen functional groups attached to an aromatic ring is 1. The molecule has 2 N–H and O–H groups in total. The second kappa shape index (κ2) is 5.13. The monoisotopic (exact) mass is 279 g/mol. The molecule has 1 aromatic heterocycles. The van der Waals surface area contributed by atoms with E-state index in [2.05, 4.69) is 5.10 Å². The normalized spacial score (nSPS) is 10.8. The number of anilines is 1. The van der Waals surface area contributed by atoms with Crippen LogP contribution in [0.15, 0.2) is 12.1 Å². The zero-order valence-corrected chi connectivity index (χ0v) is 12.4. The Bertz CT molecular complexity index is 596. The van der Waals surface area contributed by atoms with Crippen LogP contribution in [-0.2, 0) is 13.7 Å². The van der Waals surface area contributed by atoms with Crippen LogP contribution in [-0.4, -0.2) is 9.78 Å². The summed E-state index contributed by atoms with van der Waals surface area (Å²) in [6.07, 6.45) is 0. The van der Waals surface area contributed by atoms with Crippen molar-refractivity contribution >= 4 is 17.3 Å². The smallest absolute Gasteiger partial charge is 0.133 e. The lowest BCUT2D eigenvalue weighted by Gasteiger charge is -2.13. The van der Waals surface area contributed by atoms with Crippen LogP contribution in [0.3, 0.4) is 0 Å². The van der Waals surface area contributed by atoms with E-state index in [1.807, 2.05) is 40.0 Å². The minimum absolute atomic E-state index is 0.407. The van der Waals surface area contributed by atoms with Gasteiger partial charge in [-0.2, -0.15) is 5.10 Å². The molecule has 0 aliphatic carbocycles. The summed E-state index contributed by atoms with van der Waals surface area (Å²) < 4.78 is 7.54. The molecule has 2 aromatic rings. The summed E-state index contributed by atoms with van der Waals surface area (Å²) in [6.45, 7) is 6.30. The highest BCUT2D eigenvalue weighted by Gasteiger charge is 2.13. The van der Waals surface area contributed by atoms with E-state index < -0.39 is 0 Å². The van der Waals surface area contributed by atoms with Crippen LogP contribution in [0, 0.1) is 20.8 Å². The molecular formula is C14H18ClN3O. The van der Waals surface area contributed by atoms with Crippen molar-refractivity contribution in [2.24, 2.45) is 7.05 Å². The van der Waals surface area contributed by atoms with Gasteiger partial charge in [0.05, 0.1) is 5.69 Å². The molecule has 1 aromatic carbocycles. The van der Waals surface area contributed by atoms with Crippen LogP contribution in [0.2, 0.25) is 5.15 Å². The Balaban J connectivity index is 2.24. The number of aryl methyl sites for hydroxylation is 4. The van der Waals surface area contributed by atoms with Gasteiger partial charge >= 0.3 is 0 Å². The first-order chi connectivity index (χ1) is 8.90. The molecule has 2 rings (SSSR count). The highest BCUT2D eigenvalue weighted by molar-refractivity contribution is 6.30. The minimum Gasteiger partial charge on any atom is -0.488 e. The van der Waals surface area contributed by atoms with E-state index in [1.54, 1.807) is 4.68 Å². The lowest BCUT2D eigenvalue weighted by Crippen LogP contribution is -2.01. The van der Waals surface area contributed by atoms with Crippen molar-refractivity contribution in [3.05, 3.63) is 39.7 Å². The van der Waals surface area contributed by atoms with Crippen molar-refractivity contribution in [3.8, 4) is 5.75 Å². The Morgan fingerprint density at radius 1 is 1.26 bits per heavy atom. The molecule has 0 aliphatic heterocycles. The van der Waals surface area contributed by atoms with Crippen molar-refractivity contribution in [1.82, 2.24) is 9.78 Å². The maximum Gasteiger partial charge on any atom is 0.133 e. The Morgan fingerprint density at radius 2 is 1.84 bits per heavy atom. The molecule has 1 heterocycles. The molecule has 0 spiro atoms. The molecule has 0 atom stereocenters. The molecule has 4 nitrogen and oxygen atoms in total. The zero-order chi connectivity index (χ0) is 14.2. The zero-order valence-electron chi connectivity index (χ0n) is 11.6. The molecule has 0 bridgehead atoms. The number of halogens is 1. The average Bonchev–Trinajstić information content (AvgIpc) is 2.53. The summed E-state index contributed by atoms with van der Waals surface area (Å²) in [4.78, 5) is 0. The van der Waals surface area contributed by atoms with Gasteiger partial charge in [-0.25, -0.2) is 0 Å². The molecule has 0 saturated heterocycles. The Kier molecular flexibility index (Phi) is 3.71. The first kappa shape index (κ1) is 13.7. The summed E-state index contributed by atoms with van der Waals surface area (Å²) in [6, 6.07) is 3.81. The van der Waals surface area contributed by atoms with Gasteiger partial charge in [0.2, 0.25) is 0 Å². The number of ether oxygens (including phenoxy) is 1. The third-order valence-electron chi connectivity index (χ3n) is 3.11. The van der Waals surface area contributed by atoms with E-state index in [0.717, 1.165) is 33.8 Å². The third-order valence-corrected chi connectivity index (χ3v) is 3.59. The van der Waals surface area contributed by atoms with Crippen LogP contribution in [0.25, 0.3) is 0 Å². The predicted octanol–water partition coefficient (Wildman–Crippen LogP) is 3.16. The van der Waals surface area contributed by atoms with Gasteiger partial charge in [-0.3, -0.25) is 4.68 Å². The Labute approximate surface area is 118 Å². The summed E-state index contributed by atoms with van der Waals surface area (Å²) >= 11 is 6.19. The van der Waals surface area contributed by atoms with Crippen LogP contribution in [0.5, 0.6) is 5.75 Å². The number of hydrogen-bond donors (Lipinski definition) is 1. The maximum atomic E-state index is 6.19. The fourth-order valence-corrected chi connectivity index (χ4v) is 2.42. The topological polar surface area (TPSA) is 53.1 Å². The fourth-order valence-electron chi connectivity index (χ4n) is 2.19. The molecule has 0 fully saturated rings. The van der Waals surface area contributed by atoms with Crippen molar-refractivity contribution < 1.29 is 4.74 Å². The SMILES string of the molecule is Cc1cc(N)cc(C)c1OCc1c(C)nn(C)c1Cl. The van der Waals surface area contributed by atoms with Crippen molar-refractivity contribution in [2.45, 2.75) is 27.4 Å². The number of hydrogen-bond acceptors (Lipinski definition) is 3. The van der Waals surface area contributed by atoms with E-state index in [1.165, 1.54) is 0 Å². The van der Waals surface area contributed by atoms with Crippen LogP contribution in [0.1, 0.15) is 22.4 Å². The summed E-state index contributed by atoms with van der Waals surface area (Å²) in [7, 11) is 1.82. The van der Waals surface area contributed by atoms with E-state index in [9.17, 15) is 0 Å². The van der Waals surface area contributed by atoms with Crippen molar-refractivity contribution in [3.63, 3.8) is 0 Å². The van der Waals surface area contributed by atoms with E-state index in [0.29, 0.717) is 11.8 Å². The molecule has 0 saturated carbocycles. The summed E-state index contributed by atoms with van der Waals surface area (Å²) in [5.41, 5.74) is 10.4. The van der Waals surface area contributed by atoms with Gasteiger partial charge in [-0.05, 0) is 44.0 Å². The molecule has 19 heavy (non-hydrogen) atoms. The van der Waals surface area contributed by atoms with Crippen LogP contribution >= 0.6 is 11.6 Å². The molecule has 0 radical (unpaired) electrons. The van der Waals surface area contributed by atoms with Crippen LogP contribution in [0.4, 0.5) is 5.69 Å². The number of benzene rings is 1. The Morgan fingerprint density at radius 3 is 2.32 bits per heavy atom. The highest BCUT2D eigenvalue weighted by Crippen LogP contribution is 2.28. The molecule has 0 aliphatic rings. The standard InChI is InChI=1S/C14H18ClN3O/c1-8-5-11(16)6-9(2)13(8)19-7-12-10(3)17-18(4)14(12)15/h5-6H,7,16H2,1-4H3. The van der Waals surface area contributed by atoms with Gasteiger partial charge < -0.3 is 10.5 Å². The Hall–Kier alpha value is -1.68. The van der Waals surface area contributed by atoms with Gasteiger partial charge in [0, 0.05) is 18.3 Å². The fraction of sp³-hybridized carbons (Fsp3) is 0.357. The second-order valence-corrected chi connectivity index (χ2v) is 5.11. The summed E-state index contributed by atoms with van der Waals surface area (Å²) in [5, 5.41) is 4.88. The predicted molar refractivity (Wildman–Crippen MR) is 77.6 cm³/mol. The van der Waals surface area contributed by atoms with Gasteiger partial charge in [-0.1, -0.05) is 11.6 Å². The van der Waals surface area contributed by atoms with Crippen molar-refractivity contribution in [2.75, 3.05) is 5.73 Å². The third kappa shape index (κ3) is 2.68. The molecule has 5 heteroatoms. The molecule has 0 unspecified atom stereocenters. The first-order valence-electron chi connectivity index (χ1n) is 6.07. The second-order valence-electron chi connectivity index (χ2n) is 4.75. The molecule has 102 valence electrons. The largest absolute Gasteiger partial charge is 0.488 e. The number of nitrogens with two attached hydrogens (primary N) is 1.